The van der Waals surface area contributed by atoms with Crippen LogP contribution in [-0.4, -0.2) is 47.1 Å². The maximum Gasteiger partial charge on any atom is 0.371 e. The van der Waals surface area contributed by atoms with E-state index in [1.54, 1.807) is 6.07 Å². The summed E-state index contributed by atoms with van der Waals surface area (Å²) in [6, 6.07) is 24.8. The van der Waals surface area contributed by atoms with Crippen LogP contribution in [0.25, 0.3) is 0 Å². The lowest BCUT2D eigenvalue weighted by molar-refractivity contribution is 0.0653. The predicted octanol–water partition coefficient (Wildman–Crippen LogP) is 3.89. The number of piperazine rings is 1. The smallest absolute Gasteiger partial charge is 0.371 e. The van der Waals surface area contributed by atoms with Crippen molar-refractivity contribution in [2.24, 2.45) is 0 Å². The second kappa shape index (κ2) is 8.42. The number of benzene rings is 2. The molecule has 0 saturated carbocycles. The highest BCUT2D eigenvalue weighted by Crippen LogP contribution is 2.29. The number of nitrogens with zero attached hydrogens (tertiary/aromatic N) is 2. The van der Waals surface area contributed by atoms with Gasteiger partial charge in [-0.25, -0.2) is 4.79 Å². The zero-order chi connectivity index (χ0) is 19.3. The fourth-order valence-electron chi connectivity index (χ4n) is 3.86. The van der Waals surface area contributed by atoms with Gasteiger partial charge in [0.25, 0.3) is 0 Å². The van der Waals surface area contributed by atoms with Crippen molar-refractivity contribution >= 4 is 5.97 Å². The van der Waals surface area contributed by atoms with E-state index in [9.17, 15) is 4.79 Å². The lowest BCUT2D eigenvalue weighted by Crippen LogP contribution is -2.47. The molecule has 0 radical (unpaired) electrons. The molecule has 1 aliphatic rings. The van der Waals surface area contributed by atoms with Gasteiger partial charge in [0.2, 0.25) is 5.76 Å². The summed E-state index contributed by atoms with van der Waals surface area (Å²) in [5.74, 6) is -0.319. The Morgan fingerprint density at radius 2 is 1.43 bits per heavy atom. The highest BCUT2D eigenvalue weighted by Gasteiger charge is 2.26. The van der Waals surface area contributed by atoms with Gasteiger partial charge in [0, 0.05) is 26.2 Å². The van der Waals surface area contributed by atoms with Gasteiger partial charge < -0.3 is 9.52 Å². The predicted molar refractivity (Wildman–Crippen MR) is 107 cm³/mol. The van der Waals surface area contributed by atoms with Gasteiger partial charge in [0.1, 0.15) is 5.76 Å². The molecule has 0 spiro atoms. The molecule has 0 amide bonds. The van der Waals surface area contributed by atoms with Crippen LogP contribution in [0, 0.1) is 0 Å². The quantitative estimate of drug-likeness (QED) is 0.707. The summed E-state index contributed by atoms with van der Waals surface area (Å²) in [5.41, 5.74) is 2.61. The largest absolute Gasteiger partial charge is 0.475 e. The maximum atomic E-state index is 11.0. The van der Waals surface area contributed by atoms with Gasteiger partial charge in [-0.1, -0.05) is 60.7 Å². The Morgan fingerprint density at radius 1 is 0.857 bits per heavy atom. The summed E-state index contributed by atoms with van der Waals surface area (Å²) in [6.45, 7) is 4.36. The van der Waals surface area contributed by atoms with Crippen LogP contribution in [-0.2, 0) is 6.54 Å². The standard InChI is InChI=1S/C23H24N2O3/c26-23(27)21-12-11-20(28-21)17-24-13-15-25(16-14-24)22(18-7-3-1-4-8-18)19-9-5-2-6-10-19/h1-12,22H,13-17H2,(H,26,27). The third kappa shape index (κ3) is 4.16. The first-order chi connectivity index (χ1) is 13.7. The Hall–Kier alpha value is -2.89. The average Bonchev–Trinajstić information content (AvgIpc) is 3.20. The van der Waals surface area contributed by atoms with E-state index < -0.39 is 5.97 Å². The molecule has 144 valence electrons. The van der Waals surface area contributed by atoms with E-state index >= 15 is 0 Å². The van der Waals surface area contributed by atoms with E-state index in [1.807, 2.05) is 0 Å². The minimum Gasteiger partial charge on any atom is -0.475 e. The molecule has 0 atom stereocenters. The molecule has 1 N–H and O–H groups in total. The molecule has 5 heteroatoms. The molecule has 2 heterocycles. The van der Waals surface area contributed by atoms with Crippen LogP contribution in [0.1, 0.15) is 33.5 Å². The Balaban J connectivity index is 1.45. The first-order valence-corrected chi connectivity index (χ1v) is 9.59. The number of rotatable bonds is 6. The number of hydrogen-bond donors (Lipinski definition) is 1. The van der Waals surface area contributed by atoms with E-state index in [1.165, 1.54) is 17.2 Å². The monoisotopic (exact) mass is 376 g/mol. The highest BCUT2D eigenvalue weighted by atomic mass is 16.4. The molecule has 0 unspecified atom stereocenters. The summed E-state index contributed by atoms with van der Waals surface area (Å²) in [7, 11) is 0. The van der Waals surface area contributed by atoms with E-state index in [0.29, 0.717) is 12.3 Å². The topological polar surface area (TPSA) is 56.9 Å². The number of carboxylic acid groups (broad SMARTS) is 1. The molecular weight excluding hydrogens is 352 g/mol. The molecule has 5 nitrogen and oxygen atoms in total. The fraction of sp³-hybridized carbons (Fsp3) is 0.261. The van der Waals surface area contributed by atoms with Crippen molar-refractivity contribution < 1.29 is 14.3 Å². The maximum absolute atomic E-state index is 11.0. The molecule has 0 bridgehead atoms. The summed E-state index contributed by atoms with van der Waals surface area (Å²) in [4.78, 5) is 15.8. The van der Waals surface area contributed by atoms with Crippen LogP contribution in [0.5, 0.6) is 0 Å². The van der Waals surface area contributed by atoms with Crippen molar-refractivity contribution in [3.8, 4) is 0 Å². The Bertz CT molecular complexity index is 860. The second-order valence-electron chi connectivity index (χ2n) is 7.11. The van der Waals surface area contributed by atoms with Gasteiger partial charge in [0.15, 0.2) is 0 Å². The second-order valence-corrected chi connectivity index (χ2v) is 7.11. The average molecular weight is 376 g/mol. The van der Waals surface area contributed by atoms with E-state index in [4.69, 9.17) is 9.52 Å². The third-order valence-corrected chi connectivity index (χ3v) is 5.25. The number of carbonyl (C=O) groups is 1. The first kappa shape index (κ1) is 18.5. The molecule has 3 aromatic rings. The minimum absolute atomic E-state index is 0.00172. The lowest BCUT2D eigenvalue weighted by Gasteiger charge is -2.39. The summed E-state index contributed by atoms with van der Waals surface area (Å²) in [5, 5.41) is 9.00. The Labute approximate surface area is 164 Å². The zero-order valence-corrected chi connectivity index (χ0v) is 15.7. The number of carboxylic acids is 1. The zero-order valence-electron chi connectivity index (χ0n) is 15.7. The van der Waals surface area contributed by atoms with Crippen LogP contribution in [0.15, 0.2) is 77.2 Å². The van der Waals surface area contributed by atoms with Crippen LogP contribution in [0.3, 0.4) is 0 Å². The Morgan fingerprint density at radius 3 is 1.93 bits per heavy atom. The van der Waals surface area contributed by atoms with Crippen LogP contribution in [0.4, 0.5) is 0 Å². The highest BCUT2D eigenvalue weighted by molar-refractivity contribution is 5.84. The molecule has 4 rings (SSSR count). The molecule has 0 aliphatic carbocycles. The molecular formula is C23H24N2O3. The molecule has 1 aromatic heterocycles. The van der Waals surface area contributed by atoms with Gasteiger partial charge in [-0.3, -0.25) is 9.80 Å². The number of furan rings is 1. The van der Waals surface area contributed by atoms with Crippen molar-refractivity contribution in [1.29, 1.82) is 0 Å². The van der Waals surface area contributed by atoms with Gasteiger partial charge in [-0.2, -0.15) is 0 Å². The summed E-state index contributed by atoms with van der Waals surface area (Å²) < 4.78 is 5.41. The van der Waals surface area contributed by atoms with Gasteiger partial charge >= 0.3 is 5.97 Å². The van der Waals surface area contributed by atoms with Gasteiger partial charge in [-0.05, 0) is 23.3 Å². The lowest BCUT2D eigenvalue weighted by atomic mass is 9.96. The first-order valence-electron chi connectivity index (χ1n) is 9.59. The van der Waals surface area contributed by atoms with Crippen molar-refractivity contribution in [3.05, 3.63) is 95.4 Å². The summed E-state index contributed by atoms with van der Waals surface area (Å²) >= 11 is 0. The molecule has 1 saturated heterocycles. The minimum atomic E-state index is -1.02. The van der Waals surface area contributed by atoms with E-state index in [-0.39, 0.29) is 11.8 Å². The number of aromatic carboxylic acids is 1. The van der Waals surface area contributed by atoms with Crippen LogP contribution >= 0.6 is 0 Å². The van der Waals surface area contributed by atoms with Crippen LogP contribution < -0.4 is 0 Å². The summed E-state index contributed by atoms with van der Waals surface area (Å²) in [6.07, 6.45) is 0. The Kier molecular flexibility index (Phi) is 5.55. The van der Waals surface area contributed by atoms with Gasteiger partial charge in [0.05, 0.1) is 12.6 Å². The fourth-order valence-corrected chi connectivity index (χ4v) is 3.86. The van der Waals surface area contributed by atoms with Crippen molar-refractivity contribution in [2.45, 2.75) is 12.6 Å². The van der Waals surface area contributed by atoms with E-state index in [0.717, 1.165) is 26.2 Å². The molecule has 1 aliphatic heterocycles. The number of hydrogen-bond acceptors (Lipinski definition) is 4. The molecule has 2 aromatic carbocycles. The molecule has 1 fully saturated rings. The van der Waals surface area contributed by atoms with Crippen molar-refractivity contribution in [2.75, 3.05) is 26.2 Å². The van der Waals surface area contributed by atoms with Gasteiger partial charge in [-0.15, -0.1) is 0 Å². The normalized spacial score (nSPS) is 15.8. The SMILES string of the molecule is O=C(O)c1ccc(CN2CCN(C(c3ccccc3)c3ccccc3)CC2)o1. The van der Waals surface area contributed by atoms with Crippen molar-refractivity contribution in [1.82, 2.24) is 9.80 Å². The third-order valence-electron chi connectivity index (χ3n) is 5.25. The van der Waals surface area contributed by atoms with Crippen molar-refractivity contribution in [3.63, 3.8) is 0 Å². The molecule has 28 heavy (non-hydrogen) atoms. The van der Waals surface area contributed by atoms with Crippen LogP contribution in [0.2, 0.25) is 0 Å². The van der Waals surface area contributed by atoms with E-state index in [2.05, 4.69) is 70.5 Å².